The number of benzene rings is 1. The molecule has 1 amide bonds. The Hall–Kier alpha value is -1.35. The molecule has 1 aromatic carbocycles. The second-order valence-electron chi connectivity index (χ2n) is 5.91. The van der Waals surface area contributed by atoms with Crippen molar-refractivity contribution in [3.8, 4) is 0 Å². The highest BCUT2D eigenvalue weighted by atomic mass is 16.1. The van der Waals surface area contributed by atoms with Crippen LogP contribution in [0, 0.1) is 0 Å². The van der Waals surface area contributed by atoms with Crippen molar-refractivity contribution in [2.45, 2.75) is 57.9 Å². The molecule has 2 rings (SSSR count). The lowest BCUT2D eigenvalue weighted by molar-refractivity contribution is 0.0952. The molecule has 0 saturated heterocycles. The van der Waals surface area contributed by atoms with Crippen molar-refractivity contribution in [1.29, 1.82) is 0 Å². The number of rotatable bonds is 6. The third-order valence-electron chi connectivity index (χ3n) is 4.34. The molecular weight excluding hydrogens is 260 g/mol. The Morgan fingerprint density at radius 2 is 1.81 bits per heavy atom. The lowest BCUT2D eigenvalue weighted by Gasteiger charge is -2.16. The Morgan fingerprint density at radius 3 is 2.52 bits per heavy atom. The van der Waals surface area contributed by atoms with Crippen molar-refractivity contribution in [3.63, 3.8) is 0 Å². The van der Waals surface area contributed by atoms with Gasteiger partial charge in [-0.25, -0.2) is 0 Å². The van der Waals surface area contributed by atoms with Gasteiger partial charge >= 0.3 is 0 Å². The molecule has 1 aliphatic carbocycles. The highest BCUT2D eigenvalue weighted by molar-refractivity contribution is 5.95. The quantitative estimate of drug-likeness (QED) is 0.623. The molecule has 21 heavy (non-hydrogen) atoms. The Morgan fingerprint density at radius 1 is 1.10 bits per heavy atom. The van der Waals surface area contributed by atoms with Gasteiger partial charge in [-0.1, -0.05) is 50.8 Å². The molecule has 0 spiro atoms. The van der Waals surface area contributed by atoms with E-state index in [9.17, 15) is 4.79 Å². The zero-order chi connectivity index (χ0) is 14.9. The lowest BCUT2D eigenvalue weighted by atomic mass is 10.0. The van der Waals surface area contributed by atoms with Crippen LogP contribution in [0.3, 0.4) is 0 Å². The van der Waals surface area contributed by atoms with Crippen molar-refractivity contribution in [1.82, 2.24) is 10.6 Å². The van der Waals surface area contributed by atoms with Gasteiger partial charge in [-0.15, -0.1) is 0 Å². The molecule has 2 N–H and O–H groups in total. The van der Waals surface area contributed by atoms with E-state index in [-0.39, 0.29) is 5.91 Å². The molecule has 3 heteroatoms. The van der Waals surface area contributed by atoms with Gasteiger partial charge < -0.3 is 10.6 Å². The van der Waals surface area contributed by atoms with E-state index in [1.807, 2.05) is 24.3 Å². The van der Waals surface area contributed by atoms with Crippen LogP contribution < -0.4 is 10.6 Å². The Kier molecular flexibility index (Phi) is 6.74. The van der Waals surface area contributed by atoms with Gasteiger partial charge in [-0.2, -0.15) is 0 Å². The summed E-state index contributed by atoms with van der Waals surface area (Å²) in [6, 6.07) is 8.50. The van der Waals surface area contributed by atoms with Gasteiger partial charge in [0.1, 0.15) is 0 Å². The van der Waals surface area contributed by atoms with Gasteiger partial charge in [-0.3, -0.25) is 4.79 Å². The Labute approximate surface area is 128 Å². The molecule has 1 aliphatic rings. The van der Waals surface area contributed by atoms with Gasteiger partial charge in [0.2, 0.25) is 0 Å². The van der Waals surface area contributed by atoms with E-state index < -0.39 is 0 Å². The van der Waals surface area contributed by atoms with Gasteiger partial charge in [-0.05, 0) is 30.9 Å². The summed E-state index contributed by atoms with van der Waals surface area (Å²) >= 11 is 0. The van der Waals surface area contributed by atoms with E-state index in [0.717, 1.165) is 24.1 Å². The second kappa shape index (κ2) is 8.83. The number of nitrogens with one attached hydrogen (secondary N) is 2. The van der Waals surface area contributed by atoms with Gasteiger partial charge in [0.25, 0.3) is 5.91 Å². The first-order valence-corrected chi connectivity index (χ1v) is 8.40. The molecule has 0 bridgehead atoms. The monoisotopic (exact) mass is 288 g/mol. The van der Waals surface area contributed by atoms with E-state index in [1.165, 1.54) is 38.5 Å². The number of hydrogen-bond donors (Lipinski definition) is 2. The summed E-state index contributed by atoms with van der Waals surface area (Å²) in [6.07, 6.45) is 8.90. The molecule has 0 unspecified atom stereocenters. The van der Waals surface area contributed by atoms with Crippen LogP contribution in [0.2, 0.25) is 0 Å². The molecule has 0 aromatic heterocycles. The molecule has 3 nitrogen and oxygen atoms in total. The average molecular weight is 288 g/mol. The highest BCUT2D eigenvalue weighted by Crippen LogP contribution is 2.16. The number of amides is 1. The minimum absolute atomic E-state index is 0.0510. The molecular formula is C18H28N2O. The molecule has 0 aliphatic heterocycles. The summed E-state index contributed by atoms with van der Waals surface area (Å²) in [4.78, 5) is 12.2. The normalized spacial score (nSPS) is 16.4. The number of carbonyl (C=O) groups excluding carboxylic acids is 1. The predicted octanol–water partition coefficient (Wildman–Crippen LogP) is 3.29. The zero-order valence-electron chi connectivity index (χ0n) is 13.2. The van der Waals surface area contributed by atoms with Crippen LogP contribution in [-0.4, -0.2) is 25.0 Å². The first-order valence-electron chi connectivity index (χ1n) is 8.40. The molecule has 1 fully saturated rings. The van der Waals surface area contributed by atoms with Gasteiger partial charge in [0.15, 0.2) is 0 Å². The molecule has 0 heterocycles. The molecule has 1 saturated carbocycles. The fourth-order valence-electron chi connectivity index (χ4n) is 3.08. The maximum absolute atomic E-state index is 12.2. The average Bonchev–Trinajstić information content (AvgIpc) is 2.80. The van der Waals surface area contributed by atoms with E-state index in [2.05, 4.69) is 17.6 Å². The summed E-state index contributed by atoms with van der Waals surface area (Å²) in [5, 5.41) is 6.61. The summed E-state index contributed by atoms with van der Waals surface area (Å²) < 4.78 is 0. The van der Waals surface area contributed by atoms with Crippen molar-refractivity contribution in [2.75, 3.05) is 13.1 Å². The predicted molar refractivity (Wildman–Crippen MR) is 87.6 cm³/mol. The van der Waals surface area contributed by atoms with E-state index >= 15 is 0 Å². The van der Waals surface area contributed by atoms with Crippen molar-refractivity contribution >= 4 is 5.91 Å². The summed E-state index contributed by atoms with van der Waals surface area (Å²) in [5.74, 6) is 0.0510. The van der Waals surface area contributed by atoms with Crippen LogP contribution in [0.25, 0.3) is 0 Å². The SMILES string of the molecule is CCc1ccccc1C(=O)NCCNC1CCCCCC1. The first kappa shape index (κ1) is 16.0. The molecule has 0 radical (unpaired) electrons. The van der Waals surface area contributed by atoms with Crippen LogP contribution in [-0.2, 0) is 6.42 Å². The van der Waals surface area contributed by atoms with E-state index in [0.29, 0.717) is 12.6 Å². The maximum atomic E-state index is 12.2. The zero-order valence-corrected chi connectivity index (χ0v) is 13.2. The van der Waals surface area contributed by atoms with Crippen LogP contribution in [0.4, 0.5) is 0 Å². The summed E-state index contributed by atoms with van der Waals surface area (Å²) in [7, 11) is 0. The summed E-state index contributed by atoms with van der Waals surface area (Å²) in [5.41, 5.74) is 1.93. The highest BCUT2D eigenvalue weighted by Gasteiger charge is 2.12. The second-order valence-corrected chi connectivity index (χ2v) is 5.91. The molecule has 0 atom stereocenters. The largest absolute Gasteiger partial charge is 0.351 e. The smallest absolute Gasteiger partial charge is 0.251 e. The number of carbonyl (C=O) groups is 1. The number of hydrogen-bond acceptors (Lipinski definition) is 2. The van der Waals surface area contributed by atoms with E-state index in [4.69, 9.17) is 0 Å². The summed E-state index contributed by atoms with van der Waals surface area (Å²) in [6.45, 7) is 3.65. The van der Waals surface area contributed by atoms with Crippen molar-refractivity contribution in [2.24, 2.45) is 0 Å². The third-order valence-corrected chi connectivity index (χ3v) is 4.34. The van der Waals surface area contributed by atoms with Crippen molar-refractivity contribution in [3.05, 3.63) is 35.4 Å². The Bertz CT molecular complexity index is 437. The van der Waals surface area contributed by atoms with E-state index in [1.54, 1.807) is 0 Å². The maximum Gasteiger partial charge on any atom is 0.251 e. The standard InChI is InChI=1S/C18H28N2O/c1-2-15-9-7-8-12-17(15)18(21)20-14-13-19-16-10-5-3-4-6-11-16/h7-9,12,16,19H,2-6,10-11,13-14H2,1H3,(H,20,21). The van der Waals surface area contributed by atoms with Crippen LogP contribution >= 0.6 is 0 Å². The fourth-order valence-corrected chi connectivity index (χ4v) is 3.08. The number of aryl methyl sites for hydroxylation is 1. The molecule has 1 aromatic rings. The topological polar surface area (TPSA) is 41.1 Å². The minimum atomic E-state index is 0.0510. The van der Waals surface area contributed by atoms with Crippen LogP contribution in [0.5, 0.6) is 0 Å². The Balaban J connectivity index is 1.71. The molecule has 116 valence electrons. The van der Waals surface area contributed by atoms with Gasteiger partial charge in [0, 0.05) is 24.7 Å². The van der Waals surface area contributed by atoms with Crippen LogP contribution in [0.15, 0.2) is 24.3 Å². The minimum Gasteiger partial charge on any atom is -0.351 e. The van der Waals surface area contributed by atoms with Gasteiger partial charge in [0.05, 0.1) is 0 Å². The lowest BCUT2D eigenvalue weighted by Crippen LogP contribution is -2.37. The first-order chi connectivity index (χ1) is 10.3. The fraction of sp³-hybridized carbons (Fsp3) is 0.611. The van der Waals surface area contributed by atoms with Crippen molar-refractivity contribution < 1.29 is 4.79 Å². The van der Waals surface area contributed by atoms with Crippen LogP contribution in [0.1, 0.15) is 61.4 Å². The third kappa shape index (κ3) is 5.16.